The summed E-state index contributed by atoms with van der Waals surface area (Å²) in [6.07, 6.45) is 0.898. The van der Waals surface area contributed by atoms with Gasteiger partial charge in [0.05, 0.1) is 12.7 Å². The molecule has 0 aliphatic carbocycles. The van der Waals surface area contributed by atoms with Crippen LogP contribution in [-0.2, 0) is 6.42 Å². The summed E-state index contributed by atoms with van der Waals surface area (Å²) in [4.78, 5) is 24.1. The van der Waals surface area contributed by atoms with Crippen molar-refractivity contribution in [2.24, 2.45) is 0 Å². The lowest BCUT2D eigenvalue weighted by atomic mass is 10.1. The van der Waals surface area contributed by atoms with Crippen molar-refractivity contribution in [3.05, 3.63) is 64.2 Å². The number of halogens is 1. The van der Waals surface area contributed by atoms with Gasteiger partial charge in [0.2, 0.25) is 0 Å². The number of rotatable bonds is 4. The highest BCUT2D eigenvalue weighted by Crippen LogP contribution is 2.22. The van der Waals surface area contributed by atoms with Crippen LogP contribution in [0.15, 0.2) is 42.5 Å². The highest BCUT2D eigenvalue weighted by molar-refractivity contribution is 6.30. The van der Waals surface area contributed by atoms with E-state index in [0.29, 0.717) is 16.3 Å². The summed E-state index contributed by atoms with van der Waals surface area (Å²) < 4.78 is 5.11. The van der Waals surface area contributed by atoms with Gasteiger partial charge < -0.3 is 4.74 Å². The summed E-state index contributed by atoms with van der Waals surface area (Å²) in [6, 6.07) is 11.8. The summed E-state index contributed by atoms with van der Waals surface area (Å²) >= 11 is 5.85. The van der Waals surface area contributed by atoms with Crippen molar-refractivity contribution in [1.82, 2.24) is 10.9 Å². The Morgan fingerprint density at radius 2 is 1.70 bits per heavy atom. The topological polar surface area (TPSA) is 67.4 Å². The molecule has 5 nitrogen and oxygen atoms in total. The Morgan fingerprint density at radius 3 is 2.30 bits per heavy atom. The first-order chi connectivity index (χ1) is 11.0. The number of hydrazine groups is 1. The number of aryl methyl sites for hydroxylation is 1. The van der Waals surface area contributed by atoms with E-state index in [9.17, 15) is 9.59 Å². The average molecular weight is 333 g/mol. The van der Waals surface area contributed by atoms with Crippen LogP contribution in [0.4, 0.5) is 0 Å². The fraction of sp³-hybridized carbons (Fsp3) is 0.176. The van der Waals surface area contributed by atoms with E-state index in [-0.39, 0.29) is 5.56 Å². The maximum absolute atomic E-state index is 12.1. The van der Waals surface area contributed by atoms with Crippen molar-refractivity contribution in [3.8, 4) is 5.75 Å². The Morgan fingerprint density at radius 1 is 1.04 bits per heavy atom. The summed E-state index contributed by atoms with van der Waals surface area (Å²) in [7, 11) is 1.44. The first-order valence-corrected chi connectivity index (χ1v) is 7.46. The van der Waals surface area contributed by atoms with Gasteiger partial charge >= 0.3 is 0 Å². The van der Waals surface area contributed by atoms with Crippen LogP contribution in [0.1, 0.15) is 33.2 Å². The molecule has 0 bridgehead atoms. The normalized spacial score (nSPS) is 10.0. The Hall–Kier alpha value is -2.53. The maximum Gasteiger partial charge on any atom is 0.273 e. The number of methoxy groups -OCH3 is 1. The van der Waals surface area contributed by atoms with Crippen LogP contribution in [0.25, 0.3) is 0 Å². The van der Waals surface area contributed by atoms with Crippen molar-refractivity contribution in [3.63, 3.8) is 0 Å². The van der Waals surface area contributed by atoms with E-state index in [1.807, 2.05) is 19.1 Å². The predicted molar refractivity (Wildman–Crippen MR) is 88.8 cm³/mol. The molecule has 120 valence electrons. The third-order valence-electron chi connectivity index (χ3n) is 3.32. The van der Waals surface area contributed by atoms with Gasteiger partial charge in [0.15, 0.2) is 0 Å². The molecule has 0 radical (unpaired) electrons. The Kier molecular flexibility index (Phi) is 5.60. The van der Waals surface area contributed by atoms with Gasteiger partial charge in [0, 0.05) is 10.6 Å². The number of amides is 2. The molecular weight excluding hydrogens is 316 g/mol. The lowest BCUT2D eigenvalue weighted by molar-refractivity contribution is 0.0845. The molecule has 0 saturated carbocycles. The lowest BCUT2D eigenvalue weighted by Gasteiger charge is -2.11. The summed E-state index contributed by atoms with van der Waals surface area (Å²) in [5.41, 5.74) is 6.61. The van der Waals surface area contributed by atoms with Crippen LogP contribution < -0.4 is 15.6 Å². The number of ether oxygens (including phenoxy) is 1. The second kappa shape index (κ2) is 7.65. The SMILES string of the molecule is CCc1ccc(C(=O)NNC(=O)c2ccc(Cl)cc2OC)cc1. The minimum atomic E-state index is -0.489. The van der Waals surface area contributed by atoms with Gasteiger partial charge in [-0.1, -0.05) is 30.7 Å². The summed E-state index contributed by atoms with van der Waals surface area (Å²) in [5.74, 6) is -0.553. The minimum Gasteiger partial charge on any atom is -0.496 e. The van der Waals surface area contributed by atoms with Crippen LogP contribution in [0.5, 0.6) is 5.75 Å². The fourth-order valence-corrected chi connectivity index (χ4v) is 2.16. The van der Waals surface area contributed by atoms with Crippen LogP contribution in [0, 0.1) is 0 Å². The second-order valence-corrected chi connectivity index (χ2v) is 5.24. The zero-order valence-electron chi connectivity index (χ0n) is 12.9. The van der Waals surface area contributed by atoms with Gasteiger partial charge in [0.1, 0.15) is 5.75 Å². The average Bonchev–Trinajstić information content (AvgIpc) is 2.59. The predicted octanol–water partition coefficient (Wildman–Crippen LogP) is 2.99. The van der Waals surface area contributed by atoms with E-state index >= 15 is 0 Å². The van der Waals surface area contributed by atoms with E-state index in [2.05, 4.69) is 10.9 Å². The number of hydrogen-bond donors (Lipinski definition) is 2. The van der Waals surface area contributed by atoms with E-state index in [1.54, 1.807) is 18.2 Å². The third kappa shape index (κ3) is 4.23. The van der Waals surface area contributed by atoms with Crippen LogP contribution >= 0.6 is 11.6 Å². The quantitative estimate of drug-likeness (QED) is 0.846. The third-order valence-corrected chi connectivity index (χ3v) is 3.56. The summed E-state index contributed by atoms with van der Waals surface area (Å²) in [5, 5.41) is 0.457. The molecule has 0 heterocycles. The number of carbonyl (C=O) groups excluding carboxylic acids is 2. The molecule has 2 N–H and O–H groups in total. The molecule has 0 fully saturated rings. The zero-order chi connectivity index (χ0) is 16.8. The van der Waals surface area contributed by atoms with Crippen molar-refractivity contribution < 1.29 is 14.3 Å². The molecule has 0 atom stereocenters. The lowest BCUT2D eigenvalue weighted by Crippen LogP contribution is -2.41. The molecule has 2 aromatic rings. The number of hydrogen-bond acceptors (Lipinski definition) is 3. The minimum absolute atomic E-state index is 0.276. The molecule has 0 aromatic heterocycles. The van der Waals surface area contributed by atoms with Crippen LogP contribution in [0.3, 0.4) is 0 Å². The summed E-state index contributed by atoms with van der Waals surface area (Å²) in [6.45, 7) is 2.04. The molecule has 0 aliphatic rings. The molecule has 2 amide bonds. The molecular formula is C17H17ClN2O3. The van der Waals surface area contributed by atoms with Crippen molar-refractivity contribution in [1.29, 1.82) is 0 Å². The molecule has 6 heteroatoms. The van der Waals surface area contributed by atoms with E-state index < -0.39 is 11.8 Å². The van der Waals surface area contributed by atoms with Crippen molar-refractivity contribution >= 4 is 23.4 Å². The molecule has 2 rings (SSSR count). The smallest absolute Gasteiger partial charge is 0.273 e. The monoisotopic (exact) mass is 332 g/mol. The molecule has 0 aliphatic heterocycles. The fourth-order valence-electron chi connectivity index (χ4n) is 2.00. The second-order valence-electron chi connectivity index (χ2n) is 4.80. The standard InChI is InChI=1S/C17H17ClN2O3/c1-3-11-4-6-12(7-5-11)16(21)19-20-17(22)14-9-8-13(18)10-15(14)23-2/h4-10H,3H2,1-2H3,(H,19,21)(H,20,22). The first kappa shape index (κ1) is 16.8. The van der Waals surface area contributed by atoms with E-state index in [1.165, 1.54) is 19.2 Å². The Balaban J connectivity index is 2.02. The van der Waals surface area contributed by atoms with Gasteiger partial charge in [-0.05, 0) is 42.3 Å². The number of nitrogens with one attached hydrogen (secondary N) is 2. The van der Waals surface area contributed by atoms with E-state index in [0.717, 1.165) is 12.0 Å². The van der Waals surface area contributed by atoms with Gasteiger partial charge in [0.25, 0.3) is 11.8 Å². The zero-order valence-corrected chi connectivity index (χ0v) is 13.6. The van der Waals surface area contributed by atoms with Gasteiger partial charge in [-0.15, -0.1) is 0 Å². The van der Waals surface area contributed by atoms with Gasteiger partial charge in [-0.3, -0.25) is 20.4 Å². The van der Waals surface area contributed by atoms with Crippen molar-refractivity contribution in [2.75, 3.05) is 7.11 Å². The highest BCUT2D eigenvalue weighted by Gasteiger charge is 2.14. The molecule has 23 heavy (non-hydrogen) atoms. The molecule has 0 unspecified atom stereocenters. The highest BCUT2D eigenvalue weighted by atomic mass is 35.5. The maximum atomic E-state index is 12.1. The number of carbonyl (C=O) groups is 2. The van der Waals surface area contributed by atoms with E-state index in [4.69, 9.17) is 16.3 Å². The Labute approximate surface area is 139 Å². The number of benzene rings is 2. The van der Waals surface area contributed by atoms with Crippen molar-refractivity contribution in [2.45, 2.75) is 13.3 Å². The first-order valence-electron chi connectivity index (χ1n) is 7.08. The van der Waals surface area contributed by atoms with Gasteiger partial charge in [-0.25, -0.2) is 0 Å². The molecule has 2 aromatic carbocycles. The molecule has 0 spiro atoms. The Bertz CT molecular complexity index is 714. The van der Waals surface area contributed by atoms with Crippen LogP contribution in [-0.4, -0.2) is 18.9 Å². The molecule has 0 saturated heterocycles. The van der Waals surface area contributed by atoms with Crippen LogP contribution in [0.2, 0.25) is 5.02 Å². The van der Waals surface area contributed by atoms with Gasteiger partial charge in [-0.2, -0.15) is 0 Å². The largest absolute Gasteiger partial charge is 0.496 e.